The molecule has 1 aromatic rings. The van der Waals surface area contributed by atoms with Crippen molar-refractivity contribution in [2.75, 3.05) is 6.54 Å². The van der Waals surface area contributed by atoms with Gasteiger partial charge in [0, 0.05) is 18.7 Å². The molecule has 7 nitrogen and oxygen atoms in total. The van der Waals surface area contributed by atoms with Crippen molar-refractivity contribution in [1.82, 2.24) is 4.90 Å². The molecule has 0 saturated carbocycles. The number of hydrogen-bond acceptors (Lipinski definition) is 5. The molecule has 7 heteroatoms. The topological polar surface area (TPSA) is 101 Å². The average molecular weight is 346 g/mol. The second kappa shape index (κ2) is 7.92. The lowest BCUT2D eigenvalue weighted by molar-refractivity contribution is -0.384. The van der Waals surface area contributed by atoms with Crippen molar-refractivity contribution in [3.8, 4) is 0 Å². The number of Topliss-reactive ketones (excluding diaryl/α,β-unsaturated/α-hetero) is 1. The van der Waals surface area contributed by atoms with Gasteiger partial charge in [-0.15, -0.1) is 0 Å². The number of aliphatic hydroxyl groups is 1. The first kappa shape index (κ1) is 18.6. The van der Waals surface area contributed by atoms with Gasteiger partial charge in [-0.05, 0) is 18.9 Å². The van der Waals surface area contributed by atoms with Crippen molar-refractivity contribution in [2.24, 2.45) is 0 Å². The Morgan fingerprint density at radius 2 is 2.04 bits per heavy atom. The summed E-state index contributed by atoms with van der Waals surface area (Å²) in [7, 11) is 0. The van der Waals surface area contributed by atoms with E-state index in [1.165, 1.54) is 30.0 Å². The van der Waals surface area contributed by atoms with E-state index < -0.39 is 28.4 Å². The van der Waals surface area contributed by atoms with E-state index in [9.17, 15) is 24.8 Å². The third-order valence-electron chi connectivity index (χ3n) is 4.33. The molecule has 1 heterocycles. The zero-order valence-corrected chi connectivity index (χ0v) is 14.4. The Balaban J connectivity index is 2.39. The van der Waals surface area contributed by atoms with Crippen LogP contribution in [0.15, 0.2) is 35.6 Å². The van der Waals surface area contributed by atoms with Gasteiger partial charge < -0.3 is 10.0 Å². The van der Waals surface area contributed by atoms with Crippen LogP contribution in [0.1, 0.15) is 51.1 Å². The van der Waals surface area contributed by atoms with E-state index in [1.54, 1.807) is 6.07 Å². The third-order valence-corrected chi connectivity index (χ3v) is 4.33. The van der Waals surface area contributed by atoms with Crippen LogP contribution in [0.25, 0.3) is 0 Å². The van der Waals surface area contributed by atoms with Crippen LogP contribution >= 0.6 is 0 Å². The van der Waals surface area contributed by atoms with Crippen molar-refractivity contribution >= 4 is 17.4 Å². The second-order valence-corrected chi connectivity index (χ2v) is 6.13. The molecule has 0 fully saturated rings. The Kier molecular flexibility index (Phi) is 5.90. The summed E-state index contributed by atoms with van der Waals surface area (Å²) in [6.45, 7) is 3.74. The molecule has 0 bridgehead atoms. The average Bonchev–Trinajstić information content (AvgIpc) is 2.83. The molecule has 134 valence electrons. The highest BCUT2D eigenvalue weighted by atomic mass is 16.6. The summed E-state index contributed by atoms with van der Waals surface area (Å²) in [5.74, 6) is -1.57. The predicted octanol–water partition coefficient (Wildman–Crippen LogP) is 3.46. The number of hydrogen-bond donors (Lipinski definition) is 1. The van der Waals surface area contributed by atoms with Gasteiger partial charge in [-0.1, -0.05) is 38.3 Å². The highest BCUT2D eigenvalue weighted by Crippen LogP contribution is 2.38. The number of ketones is 1. The largest absolute Gasteiger partial charge is 0.503 e. The van der Waals surface area contributed by atoms with Crippen LogP contribution in [-0.2, 0) is 9.59 Å². The maximum Gasteiger partial charge on any atom is 0.290 e. The second-order valence-electron chi connectivity index (χ2n) is 6.13. The zero-order valence-electron chi connectivity index (χ0n) is 14.4. The minimum atomic E-state index is -0.786. The lowest BCUT2D eigenvalue weighted by Gasteiger charge is -2.26. The van der Waals surface area contributed by atoms with Crippen LogP contribution in [0.5, 0.6) is 0 Å². The molecule has 1 unspecified atom stereocenters. The molecule has 1 N–H and O–H groups in total. The van der Waals surface area contributed by atoms with Crippen LogP contribution in [0.3, 0.4) is 0 Å². The van der Waals surface area contributed by atoms with Gasteiger partial charge in [-0.2, -0.15) is 0 Å². The maximum absolute atomic E-state index is 12.4. The molecule has 0 aliphatic carbocycles. The van der Waals surface area contributed by atoms with E-state index in [4.69, 9.17) is 0 Å². The van der Waals surface area contributed by atoms with Gasteiger partial charge in [0.25, 0.3) is 11.6 Å². The Morgan fingerprint density at radius 3 is 2.64 bits per heavy atom. The predicted molar refractivity (Wildman–Crippen MR) is 92.0 cm³/mol. The number of benzene rings is 1. The smallest absolute Gasteiger partial charge is 0.290 e. The summed E-state index contributed by atoms with van der Waals surface area (Å²) in [4.78, 5) is 36.4. The van der Waals surface area contributed by atoms with Crippen molar-refractivity contribution in [1.29, 1.82) is 0 Å². The standard InChI is InChI=1S/C18H22N2O5/c1-3-4-5-6-10-19-16(15(12(2)21)17(22)18(19)23)13-8-7-9-14(11-13)20(24)25/h7-9,11,16,22H,3-6,10H2,1-2H3. The van der Waals surface area contributed by atoms with Gasteiger partial charge in [0.05, 0.1) is 16.5 Å². The van der Waals surface area contributed by atoms with E-state index in [2.05, 4.69) is 6.92 Å². The quantitative estimate of drug-likeness (QED) is 0.441. The molecule has 0 aromatic heterocycles. The molecule has 25 heavy (non-hydrogen) atoms. The normalized spacial score (nSPS) is 17.3. The van der Waals surface area contributed by atoms with Crippen molar-refractivity contribution < 1.29 is 19.6 Å². The fourth-order valence-corrected chi connectivity index (χ4v) is 3.11. The molecule has 2 rings (SSSR count). The highest BCUT2D eigenvalue weighted by molar-refractivity contribution is 6.08. The molecule has 1 amide bonds. The first-order valence-electron chi connectivity index (χ1n) is 8.37. The summed E-state index contributed by atoms with van der Waals surface area (Å²) in [6.07, 6.45) is 3.74. The lowest BCUT2D eigenvalue weighted by Crippen LogP contribution is -2.32. The van der Waals surface area contributed by atoms with Gasteiger partial charge in [-0.25, -0.2) is 0 Å². The SMILES string of the molecule is CCCCCCN1C(=O)C(O)=C(C(C)=O)C1c1cccc([N+](=O)[O-])c1. The number of unbranched alkanes of at least 4 members (excludes halogenated alkanes) is 3. The molecule has 0 spiro atoms. The fraction of sp³-hybridized carbons (Fsp3) is 0.444. The maximum atomic E-state index is 12.4. The van der Waals surface area contributed by atoms with Gasteiger partial charge in [-0.3, -0.25) is 19.7 Å². The van der Waals surface area contributed by atoms with Crippen LogP contribution in [0.2, 0.25) is 0 Å². The number of amides is 1. The number of nitro benzene ring substituents is 1. The number of nitro groups is 1. The number of carbonyl (C=O) groups is 2. The first-order chi connectivity index (χ1) is 11.9. The van der Waals surface area contributed by atoms with E-state index >= 15 is 0 Å². The fourth-order valence-electron chi connectivity index (χ4n) is 3.11. The number of rotatable bonds is 8. The summed E-state index contributed by atoms with van der Waals surface area (Å²) < 4.78 is 0. The number of aliphatic hydroxyl groups excluding tert-OH is 1. The monoisotopic (exact) mass is 346 g/mol. The van der Waals surface area contributed by atoms with Gasteiger partial charge in [0.1, 0.15) is 0 Å². The number of non-ortho nitro benzene ring substituents is 1. The van der Waals surface area contributed by atoms with E-state index in [-0.39, 0.29) is 11.3 Å². The van der Waals surface area contributed by atoms with Crippen LogP contribution in [0, 0.1) is 10.1 Å². The third kappa shape index (κ3) is 3.87. The van der Waals surface area contributed by atoms with Crippen molar-refractivity contribution in [3.63, 3.8) is 0 Å². The molecule has 1 aliphatic heterocycles. The van der Waals surface area contributed by atoms with Crippen LogP contribution in [-0.4, -0.2) is 33.2 Å². The van der Waals surface area contributed by atoms with Crippen LogP contribution < -0.4 is 0 Å². The molecule has 1 aliphatic rings. The Labute approximate surface area is 146 Å². The molecule has 1 aromatic carbocycles. The number of carbonyl (C=O) groups excluding carboxylic acids is 2. The Bertz CT molecular complexity index is 726. The first-order valence-corrected chi connectivity index (χ1v) is 8.37. The summed E-state index contributed by atoms with van der Waals surface area (Å²) >= 11 is 0. The molecule has 0 saturated heterocycles. The van der Waals surface area contributed by atoms with E-state index in [0.29, 0.717) is 12.1 Å². The van der Waals surface area contributed by atoms with Gasteiger partial charge in [0.2, 0.25) is 0 Å². The van der Waals surface area contributed by atoms with E-state index in [0.717, 1.165) is 25.7 Å². The van der Waals surface area contributed by atoms with Gasteiger partial charge >= 0.3 is 0 Å². The summed E-state index contributed by atoms with van der Waals surface area (Å²) in [5.41, 5.74) is 0.332. The molecular weight excluding hydrogens is 324 g/mol. The minimum absolute atomic E-state index is 0.000916. The summed E-state index contributed by atoms with van der Waals surface area (Å²) in [5, 5.41) is 21.2. The minimum Gasteiger partial charge on any atom is -0.503 e. The summed E-state index contributed by atoms with van der Waals surface area (Å²) in [6, 6.07) is 5.05. The number of nitrogens with zero attached hydrogens (tertiary/aromatic N) is 2. The zero-order chi connectivity index (χ0) is 18.6. The molecular formula is C18H22N2O5. The molecule has 0 radical (unpaired) electrons. The Hall–Kier alpha value is -2.70. The highest BCUT2D eigenvalue weighted by Gasteiger charge is 2.42. The van der Waals surface area contributed by atoms with Crippen LogP contribution in [0.4, 0.5) is 5.69 Å². The Morgan fingerprint density at radius 1 is 1.32 bits per heavy atom. The van der Waals surface area contributed by atoms with Gasteiger partial charge in [0.15, 0.2) is 11.5 Å². The van der Waals surface area contributed by atoms with E-state index in [1.807, 2.05) is 0 Å². The van der Waals surface area contributed by atoms with Crippen molar-refractivity contribution in [2.45, 2.75) is 45.6 Å². The molecule has 1 atom stereocenters. The van der Waals surface area contributed by atoms with Crippen molar-refractivity contribution in [3.05, 3.63) is 51.3 Å². The lowest BCUT2D eigenvalue weighted by atomic mass is 9.96.